The molecule has 0 saturated carbocycles. The minimum absolute atomic E-state index is 0.0354. The number of rotatable bonds is 3. The van der Waals surface area contributed by atoms with Gasteiger partial charge in [0.05, 0.1) is 28.1 Å². The van der Waals surface area contributed by atoms with Crippen molar-refractivity contribution in [2.45, 2.75) is 31.7 Å². The Bertz CT molecular complexity index is 829. The van der Waals surface area contributed by atoms with Crippen molar-refractivity contribution in [3.05, 3.63) is 40.6 Å². The normalized spacial score (nSPS) is 19.5. The number of H-pyrrole nitrogens is 1. The molecule has 1 fully saturated rings. The Hall–Kier alpha value is -2.12. The highest BCUT2D eigenvalue weighted by Crippen LogP contribution is 2.43. The molecule has 1 spiro atoms. The number of likely N-dealkylation sites (N-methyl/N-ethyl adjacent to an activating group) is 1. The smallest absolute Gasteiger partial charge is 0.337 e. The summed E-state index contributed by atoms with van der Waals surface area (Å²) in [6, 6.07) is 1.47. The molecular weight excluding hydrogens is 354 g/mol. The van der Waals surface area contributed by atoms with Gasteiger partial charge >= 0.3 is 5.97 Å². The molecular formula is C18H22ClN5O2. The molecule has 2 aliphatic rings. The number of aromatic amines is 1. The highest BCUT2D eigenvalue weighted by Gasteiger charge is 2.46. The molecule has 26 heavy (non-hydrogen) atoms. The van der Waals surface area contributed by atoms with Crippen LogP contribution >= 0.6 is 11.6 Å². The van der Waals surface area contributed by atoms with Crippen LogP contribution in [0.2, 0.25) is 5.02 Å². The van der Waals surface area contributed by atoms with Crippen molar-refractivity contribution in [2.75, 3.05) is 31.1 Å². The van der Waals surface area contributed by atoms with Crippen LogP contribution in [0.3, 0.4) is 0 Å². The lowest BCUT2D eigenvalue weighted by Gasteiger charge is -2.50. The quantitative estimate of drug-likeness (QED) is 0.857. The van der Waals surface area contributed by atoms with Gasteiger partial charge in [0.15, 0.2) is 0 Å². The molecule has 2 aliphatic heterocycles. The van der Waals surface area contributed by atoms with Gasteiger partial charge < -0.3 is 15.0 Å². The molecule has 2 N–H and O–H groups in total. The molecule has 138 valence electrons. The Morgan fingerprint density at radius 2 is 2.12 bits per heavy atom. The van der Waals surface area contributed by atoms with E-state index < -0.39 is 5.97 Å². The van der Waals surface area contributed by atoms with Gasteiger partial charge in [-0.15, -0.1) is 0 Å². The fraction of sp³-hybridized carbons (Fsp3) is 0.500. The fourth-order valence-corrected chi connectivity index (χ4v) is 4.69. The first kappa shape index (κ1) is 17.3. The molecule has 4 rings (SSSR count). The number of carboxylic acid groups (broad SMARTS) is 1. The second kappa shape index (κ2) is 6.55. The number of anilines is 1. The molecule has 8 heteroatoms. The van der Waals surface area contributed by atoms with E-state index in [0.717, 1.165) is 45.4 Å². The van der Waals surface area contributed by atoms with Crippen molar-refractivity contribution >= 4 is 23.4 Å². The summed E-state index contributed by atoms with van der Waals surface area (Å²) < 4.78 is 0. The van der Waals surface area contributed by atoms with Gasteiger partial charge in [-0.1, -0.05) is 18.5 Å². The van der Waals surface area contributed by atoms with E-state index in [1.54, 1.807) is 6.33 Å². The van der Waals surface area contributed by atoms with E-state index in [1.807, 2.05) is 0 Å². The molecule has 4 heterocycles. The average Bonchev–Trinajstić information content (AvgIpc) is 3.13. The molecule has 1 saturated heterocycles. The monoisotopic (exact) mass is 375 g/mol. The number of imidazole rings is 1. The number of carbonyl (C=O) groups is 1. The molecule has 0 unspecified atom stereocenters. The first-order valence-electron chi connectivity index (χ1n) is 8.96. The van der Waals surface area contributed by atoms with E-state index in [1.165, 1.54) is 23.7 Å². The molecule has 0 amide bonds. The van der Waals surface area contributed by atoms with Crippen molar-refractivity contribution < 1.29 is 9.90 Å². The minimum Gasteiger partial charge on any atom is -0.478 e. The van der Waals surface area contributed by atoms with Crippen LogP contribution < -0.4 is 4.90 Å². The van der Waals surface area contributed by atoms with Gasteiger partial charge in [-0.25, -0.2) is 14.8 Å². The Morgan fingerprint density at radius 1 is 1.35 bits per heavy atom. The van der Waals surface area contributed by atoms with Crippen LogP contribution in [0.25, 0.3) is 0 Å². The van der Waals surface area contributed by atoms with Crippen LogP contribution in [-0.4, -0.2) is 57.1 Å². The van der Waals surface area contributed by atoms with E-state index >= 15 is 0 Å². The van der Waals surface area contributed by atoms with Crippen LogP contribution in [0.1, 0.15) is 41.5 Å². The maximum Gasteiger partial charge on any atom is 0.337 e. The van der Waals surface area contributed by atoms with Crippen LogP contribution in [0.4, 0.5) is 5.82 Å². The van der Waals surface area contributed by atoms with Crippen LogP contribution in [0, 0.1) is 0 Å². The minimum atomic E-state index is -1.02. The summed E-state index contributed by atoms with van der Waals surface area (Å²) in [5.74, 6) is -0.358. The lowest BCUT2D eigenvalue weighted by atomic mass is 9.78. The van der Waals surface area contributed by atoms with Crippen LogP contribution in [-0.2, 0) is 12.0 Å². The zero-order valence-corrected chi connectivity index (χ0v) is 15.5. The number of fused-ring (bicyclic) bond motifs is 2. The number of carboxylic acids is 1. The predicted molar refractivity (Wildman–Crippen MR) is 98.9 cm³/mol. The number of halogens is 1. The zero-order valence-electron chi connectivity index (χ0n) is 14.7. The summed E-state index contributed by atoms with van der Waals surface area (Å²) in [6.07, 6.45) is 6.08. The first-order chi connectivity index (χ1) is 12.5. The summed E-state index contributed by atoms with van der Waals surface area (Å²) >= 11 is 6.31. The summed E-state index contributed by atoms with van der Waals surface area (Å²) in [5, 5.41) is 9.46. The van der Waals surface area contributed by atoms with E-state index in [0.29, 0.717) is 10.8 Å². The lowest BCUT2D eigenvalue weighted by Crippen LogP contribution is -2.56. The van der Waals surface area contributed by atoms with Crippen molar-refractivity contribution in [2.24, 2.45) is 0 Å². The van der Waals surface area contributed by atoms with Gasteiger partial charge in [-0.3, -0.25) is 4.90 Å². The second-order valence-electron chi connectivity index (χ2n) is 6.91. The van der Waals surface area contributed by atoms with Crippen molar-refractivity contribution in [3.8, 4) is 0 Å². The topological polar surface area (TPSA) is 85.4 Å². The van der Waals surface area contributed by atoms with Gasteiger partial charge in [0.2, 0.25) is 0 Å². The Balaban J connectivity index is 1.59. The third kappa shape index (κ3) is 2.66. The second-order valence-corrected chi connectivity index (χ2v) is 7.32. The molecule has 2 aromatic rings. The first-order valence-corrected chi connectivity index (χ1v) is 9.34. The molecule has 0 bridgehead atoms. The third-order valence-corrected chi connectivity index (χ3v) is 6.01. The summed E-state index contributed by atoms with van der Waals surface area (Å²) in [5.41, 5.74) is 2.51. The van der Waals surface area contributed by atoms with Crippen molar-refractivity contribution in [3.63, 3.8) is 0 Å². The summed E-state index contributed by atoms with van der Waals surface area (Å²) in [6.45, 7) is 5.86. The Morgan fingerprint density at radius 3 is 2.77 bits per heavy atom. The van der Waals surface area contributed by atoms with E-state index in [4.69, 9.17) is 16.7 Å². The highest BCUT2D eigenvalue weighted by molar-refractivity contribution is 6.33. The highest BCUT2D eigenvalue weighted by atomic mass is 35.5. The molecule has 0 radical (unpaired) electrons. The SMILES string of the molecule is CCN1CCc2[nH]cnc2C12CCN(c1ncc(C(=O)O)cc1Cl)CC2. The third-order valence-electron chi connectivity index (χ3n) is 5.74. The Kier molecular flexibility index (Phi) is 4.36. The number of hydrogen-bond donors (Lipinski definition) is 2. The summed E-state index contributed by atoms with van der Waals surface area (Å²) in [7, 11) is 0. The molecule has 0 atom stereocenters. The number of nitrogens with one attached hydrogen (secondary N) is 1. The number of piperidine rings is 1. The van der Waals surface area contributed by atoms with E-state index in [2.05, 4.69) is 31.7 Å². The predicted octanol–water partition coefficient (Wildman–Crippen LogP) is 2.53. The van der Waals surface area contributed by atoms with Gasteiger partial charge in [0.25, 0.3) is 0 Å². The van der Waals surface area contributed by atoms with Crippen molar-refractivity contribution in [1.29, 1.82) is 0 Å². The Labute approximate surface area is 157 Å². The van der Waals surface area contributed by atoms with Crippen LogP contribution in [0.15, 0.2) is 18.6 Å². The zero-order chi connectivity index (χ0) is 18.3. The van der Waals surface area contributed by atoms with Crippen molar-refractivity contribution in [1.82, 2.24) is 19.9 Å². The van der Waals surface area contributed by atoms with Crippen LogP contribution in [0.5, 0.6) is 0 Å². The van der Waals surface area contributed by atoms with Gasteiger partial charge in [-0.2, -0.15) is 0 Å². The summed E-state index contributed by atoms with van der Waals surface area (Å²) in [4.78, 5) is 28.0. The maximum atomic E-state index is 11.1. The number of pyridine rings is 1. The largest absolute Gasteiger partial charge is 0.478 e. The van der Waals surface area contributed by atoms with Gasteiger partial charge in [-0.05, 0) is 25.5 Å². The lowest BCUT2D eigenvalue weighted by molar-refractivity contribution is 0.0496. The number of aromatic nitrogens is 3. The maximum absolute atomic E-state index is 11.1. The molecule has 0 aromatic carbocycles. The number of hydrogen-bond acceptors (Lipinski definition) is 5. The van der Waals surface area contributed by atoms with E-state index in [-0.39, 0.29) is 11.1 Å². The fourth-order valence-electron chi connectivity index (χ4n) is 4.41. The molecule has 0 aliphatic carbocycles. The average molecular weight is 376 g/mol. The molecule has 2 aromatic heterocycles. The van der Waals surface area contributed by atoms with E-state index in [9.17, 15) is 4.79 Å². The van der Waals surface area contributed by atoms with Gasteiger partial charge in [0, 0.05) is 37.9 Å². The number of nitrogens with zero attached hydrogens (tertiary/aromatic N) is 4. The standard InChI is InChI=1S/C18H22ClN5O2/c1-2-24-6-3-14-15(22-11-21-14)18(24)4-7-23(8-5-18)16-13(19)9-12(10-20-16)17(25)26/h9-11H,2-8H2,1H3,(H,21,22)(H,25,26). The van der Waals surface area contributed by atoms with Gasteiger partial charge in [0.1, 0.15) is 5.82 Å². The number of aromatic carboxylic acids is 1. The molecule has 7 nitrogen and oxygen atoms in total.